The van der Waals surface area contributed by atoms with E-state index in [1.807, 2.05) is 0 Å². The third-order valence-electron chi connectivity index (χ3n) is 3.92. The molecule has 2 rings (SSSR count). The number of benzene rings is 1. The van der Waals surface area contributed by atoms with Gasteiger partial charge in [0.25, 0.3) is 0 Å². The molecule has 1 aromatic carbocycles. The zero-order chi connectivity index (χ0) is 19.8. The van der Waals surface area contributed by atoms with Crippen LogP contribution >= 0.6 is 0 Å². The van der Waals surface area contributed by atoms with Crippen LogP contribution in [-0.4, -0.2) is 33.8 Å². The van der Waals surface area contributed by atoms with Crippen LogP contribution in [0.5, 0.6) is 5.75 Å². The lowest BCUT2D eigenvalue weighted by Crippen LogP contribution is -2.26. The van der Waals surface area contributed by atoms with Gasteiger partial charge in [-0.15, -0.1) is 0 Å². The number of nitrogens with zero attached hydrogens (tertiary/aromatic N) is 1. The lowest BCUT2D eigenvalue weighted by atomic mass is 10.0. The smallest absolute Gasteiger partial charge is 0.341 e. The normalized spacial score (nSPS) is 12.4. The molecule has 0 saturated heterocycles. The third-order valence-corrected chi connectivity index (χ3v) is 3.92. The van der Waals surface area contributed by atoms with Crippen LogP contribution in [0.3, 0.4) is 0 Å². The van der Waals surface area contributed by atoms with E-state index in [0.717, 1.165) is 17.9 Å². The number of aromatic carboxylic acids is 1. The van der Waals surface area contributed by atoms with Crippen molar-refractivity contribution in [3.63, 3.8) is 0 Å². The summed E-state index contributed by atoms with van der Waals surface area (Å²) in [4.78, 5) is 35.5. The number of carboxylic acid groups (broad SMARTS) is 2. The van der Waals surface area contributed by atoms with Crippen molar-refractivity contribution in [3.05, 3.63) is 39.7 Å². The molecule has 1 atom stereocenters. The molecule has 0 aliphatic rings. The van der Waals surface area contributed by atoms with E-state index < -0.39 is 51.7 Å². The third kappa shape index (κ3) is 3.24. The number of rotatable bonds is 6. The minimum Gasteiger partial charge on any atom is -0.491 e. The number of halogens is 2. The van der Waals surface area contributed by atoms with Crippen molar-refractivity contribution >= 4 is 22.8 Å². The number of pyridine rings is 1. The zero-order valence-electron chi connectivity index (χ0n) is 14.2. The molecule has 1 heterocycles. The molecule has 26 heavy (non-hydrogen) atoms. The van der Waals surface area contributed by atoms with Crippen molar-refractivity contribution in [1.29, 1.82) is 0 Å². The topological polar surface area (TPSA) is 106 Å². The van der Waals surface area contributed by atoms with Gasteiger partial charge in [0.05, 0.1) is 18.0 Å². The molecule has 0 aliphatic heterocycles. The summed E-state index contributed by atoms with van der Waals surface area (Å²) in [6.45, 7) is 3.49. The number of carbonyl (C=O) groups is 2. The van der Waals surface area contributed by atoms with E-state index in [9.17, 15) is 33.4 Å². The molecule has 0 amide bonds. The van der Waals surface area contributed by atoms with E-state index in [0.29, 0.717) is 6.07 Å². The van der Waals surface area contributed by atoms with Crippen molar-refractivity contribution in [2.24, 2.45) is 5.92 Å². The summed E-state index contributed by atoms with van der Waals surface area (Å²) in [5.74, 6) is -6.50. The molecule has 7 nitrogen and oxygen atoms in total. The Hall–Kier alpha value is -2.97. The highest BCUT2D eigenvalue weighted by Gasteiger charge is 2.28. The molecule has 140 valence electrons. The molecule has 0 radical (unpaired) electrons. The van der Waals surface area contributed by atoms with Crippen LogP contribution in [0.1, 0.15) is 36.7 Å². The number of methoxy groups -OCH3 is 1. The lowest BCUT2D eigenvalue weighted by Gasteiger charge is -2.22. The highest BCUT2D eigenvalue weighted by atomic mass is 19.2. The molecule has 0 aliphatic carbocycles. The zero-order valence-corrected chi connectivity index (χ0v) is 14.2. The van der Waals surface area contributed by atoms with Crippen LogP contribution in [0.2, 0.25) is 0 Å². The summed E-state index contributed by atoms with van der Waals surface area (Å²) >= 11 is 0. The van der Waals surface area contributed by atoms with Crippen molar-refractivity contribution in [1.82, 2.24) is 4.57 Å². The van der Waals surface area contributed by atoms with Crippen molar-refractivity contribution in [2.75, 3.05) is 7.11 Å². The van der Waals surface area contributed by atoms with Crippen LogP contribution in [-0.2, 0) is 4.79 Å². The Bertz CT molecular complexity index is 951. The summed E-state index contributed by atoms with van der Waals surface area (Å²) < 4.78 is 33.8. The molecular formula is C17H17F2NO6. The van der Waals surface area contributed by atoms with Crippen LogP contribution < -0.4 is 10.2 Å². The number of hydrogen-bond acceptors (Lipinski definition) is 4. The first-order valence-corrected chi connectivity index (χ1v) is 7.67. The fourth-order valence-electron chi connectivity index (χ4n) is 2.79. The van der Waals surface area contributed by atoms with Gasteiger partial charge in [0.2, 0.25) is 11.2 Å². The molecule has 0 fully saturated rings. The SMILES string of the molecule is COc1c(F)c(F)cc2c(=O)c(C(=O)O)cn(C(CC(C)C)C(=O)O)c12. The monoisotopic (exact) mass is 369 g/mol. The predicted octanol–water partition coefficient (Wildman–Crippen LogP) is 2.66. The number of aliphatic carboxylic acids is 1. The number of aromatic nitrogens is 1. The molecule has 2 aromatic rings. The molecule has 0 bridgehead atoms. The minimum atomic E-state index is -1.61. The number of fused-ring (bicyclic) bond motifs is 1. The second-order valence-electron chi connectivity index (χ2n) is 6.17. The van der Waals surface area contributed by atoms with E-state index in [2.05, 4.69) is 0 Å². The first-order valence-electron chi connectivity index (χ1n) is 7.67. The van der Waals surface area contributed by atoms with Crippen LogP contribution in [0.15, 0.2) is 17.1 Å². The summed E-state index contributed by atoms with van der Waals surface area (Å²) in [6.07, 6.45) is 0.891. The summed E-state index contributed by atoms with van der Waals surface area (Å²) in [6, 6.07) is -0.762. The average Bonchev–Trinajstić information content (AvgIpc) is 2.54. The lowest BCUT2D eigenvalue weighted by molar-refractivity contribution is -0.141. The van der Waals surface area contributed by atoms with Crippen LogP contribution in [0.25, 0.3) is 10.9 Å². The van der Waals surface area contributed by atoms with Crippen LogP contribution in [0.4, 0.5) is 8.78 Å². The Morgan fingerprint density at radius 2 is 1.88 bits per heavy atom. The van der Waals surface area contributed by atoms with Crippen LogP contribution in [0, 0.1) is 17.6 Å². The van der Waals surface area contributed by atoms with Gasteiger partial charge in [0, 0.05) is 6.20 Å². The molecule has 1 unspecified atom stereocenters. The molecule has 0 spiro atoms. The minimum absolute atomic E-state index is 0.0640. The summed E-state index contributed by atoms with van der Waals surface area (Å²) in [7, 11) is 1.04. The molecule has 2 N–H and O–H groups in total. The maximum absolute atomic E-state index is 14.2. The van der Waals surface area contributed by atoms with E-state index >= 15 is 0 Å². The maximum atomic E-state index is 14.2. The van der Waals surface area contributed by atoms with Crippen molar-refractivity contribution in [3.8, 4) is 5.75 Å². The van der Waals surface area contributed by atoms with Gasteiger partial charge in [-0.2, -0.15) is 4.39 Å². The molecular weight excluding hydrogens is 352 g/mol. The quantitative estimate of drug-likeness (QED) is 0.811. The highest BCUT2D eigenvalue weighted by Crippen LogP contribution is 2.33. The second-order valence-corrected chi connectivity index (χ2v) is 6.17. The standard InChI is InChI=1S/C17H17F2NO6/c1-7(2)4-11(17(24)25)20-6-9(16(22)23)14(21)8-5-10(18)12(19)15(26-3)13(8)20/h5-7,11H,4H2,1-3H3,(H,22,23)(H,24,25). The number of hydrogen-bond donors (Lipinski definition) is 2. The number of carboxylic acids is 2. The Morgan fingerprint density at radius 3 is 2.35 bits per heavy atom. The average molecular weight is 369 g/mol. The molecule has 0 saturated carbocycles. The fraction of sp³-hybridized carbons (Fsp3) is 0.353. The van der Waals surface area contributed by atoms with Gasteiger partial charge < -0.3 is 19.5 Å². The Balaban J connectivity index is 3.06. The van der Waals surface area contributed by atoms with Gasteiger partial charge in [0.15, 0.2) is 11.6 Å². The van der Waals surface area contributed by atoms with Gasteiger partial charge in [0.1, 0.15) is 11.6 Å². The maximum Gasteiger partial charge on any atom is 0.341 e. The summed E-state index contributed by atoms with van der Waals surface area (Å²) in [5.41, 5.74) is -2.12. The predicted molar refractivity (Wildman–Crippen MR) is 87.8 cm³/mol. The molecule has 9 heteroatoms. The largest absolute Gasteiger partial charge is 0.491 e. The van der Waals surface area contributed by atoms with Gasteiger partial charge in [-0.05, 0) is 18.4 Å². The molecule has 1 aromatic heterocycles. The number of ether oxygens (including phenoxy) is 1. The Morgan fingerprint density at radius 1 is 1.27 bits per heavy atom. The first-order chi connectivity index (χ1) is 12.1. The van der Waals surface area contributed by atoms with E-state index in [-0.39, 0.29) is 17.9 Å². The first kappa shape index (κ1) is 19.4. The van der Waals surface area contributed by atoms with Crippen molar-refractivity contribution < 1.29 is 33.3 Å². The summed E-state index contributed by atoms with van der Waals surface area (Å²) in [5, 5.41) is 18.3. The fourth-order valence-corrected chi connectivity index (χ4v) is 2.79. The Kier molecular flexibility index (Phi) is 5.29. The van der Waals surface area contributed by atoms with Gasteiger partial charge in [-0.1, -0.05) is 13.8 Å². The Labute approximate surface area is 146 Å². The second kappa shape index (κ2) is 7.11. The van der Waals surface area contributed by atoms with E-state index in [1.54, 1.807) is 13.8 Å². The van der Waals surface area contributed by atoms with Gasteiger partial charge >= 0.3 is 11.9 Å². The van der Waals surface area contributed by atoms with Gasteiger partial charge in [-0.25, -0.2) is 14.0 Å². The van der Waals surface area contributed by atoms with E-state index in [4.69, 9.17) is 4.74 Å². The van der Waals surface area contributed by atoms with Gasteiger partial charge in [-0.3, -0.25) is 4.79 Å². The van der Waals surface area contributed by atoms with E-state index in [1.165, 1.54) is 0 Å². The van der Waals surface area contributed by atoms with Crippen molar-refractivity contribution in [2.45, 2.75) is 26.3 Å². The highest BCUT2D eigenvalue weighted by molar-refractivity contribution is 5.95.